The average molecular weight is 364 g/mol. The van der Waals surface area contributed by atoms with E-state index in [1.54, 1.807) is 24.3 Å². The van der Waals surface area contributed by atoms with E-state index in [9.17, 15) is 14.4 Å². The normalized spacial score (nSPS) is 11.9. The molecule has 7 heteroatoms. The summed E-state index contributed by atoms with van der Waals surface area (Å²) in [4.78, 5) is 36.8. The molecule has 0 saturated carbocycles. The minimum Gasteiger partial charge on any atom is -0.364 e. The van der Waals surface area contributed by atoms with Gasteiger partial charge in [0.1, 0.15) is 6.54 Å². The van der Waals surface area contributed by atoms with Crippen molar-refractivity contribution in [2.24, 2.45) is 5.73 Å². The number of nitrogens with zero attached hydrogens (tertiary/aromatic N) is 2. The van der Waals surface area contributed by atoms with E-state index in [1.165, 1.54) is 0 Å². The summed E-state index contributed by atoms with van der Waals surface area (Å²) in [6.45, 7) is 3.53. The topological polar surface area (TPSA) is 107 Å². The third-order valence-corrected chi connectivity index (χ3v) is 4.43. The number of hydrogen-bond acceptors (Lipinski definition) is 4. The Morgan fingerprint density at radius 3 is 2.41 bits per heavy atom. The zero-order valence-corrected chi connectivity index (χ0v) is 15.1. The molecule has 0 aliphatic rings. The van der Waals surface area contributed by atoms with Crippen LogP contribution >= 0.6 is 0 Å². The van der Waals surface area contributed by atoms with Gasteiger partial charge in [0.15, 0.2) is 5.69 Å². The molecule has 1 heterocycles. The maximum atomic E-state index is 12.6. The lowest BCUT2D eigenvalue weighted by Gasteiger charge is -2.17. The molecule has 3 aromatic rings. The summed E-state index contributed by atoms with van der Waals surface area (Å²) < 4.78 is 0.975. The van der Waals surface area contributed by atoms with Crippen LogP contribution in [0, 0.1) is 6.92 Å². The highest BCUT2D eigenvalue weighted by Crippen LogP contribution is 2.16. The predicted octanol–water partition coefficient (Wildman–Crippen LogP) is 1.68. The van der Waals surface area contributed by atoms with Crippen molar-refractivity contribution in [1.29, 1.82) is 0 Å². The molecule has 1 atom stereocenters. The van der Waals surface area contributed by atoms with E-state index in [-0.39, 0.29) is 24.2 Å². The van der Waals surface area contributed by atoms with E-state index >= 15 is 0 Å². The van der Waals surface area contributed by atoms with Crippen LogP contribution in [-0.4, -0.2) is 21.6 Å². The van der Waals surface area contributed by atoms with E-state index in [0.29, 0.717) is 10.8 Å². The van der Waals surface area contributed by atoms with Gasteiger partial charge in [0.05, 0.1) is 11.4 Å². The Labute approximate surface area is 155 Å². The molecule has 0 bridgehead atoms. The molecule has 0 saturated heterocycles. The molecule has 0 radical (unpaired) electrons. The molecule has 0 spiro atoms. The first-order valence-electron chi connectivity index (χ1n) is 8.53. The Balaban J connectivity index is 1.89. The minimum atomic E-state index is -0.756. The lowest BCUT2D eigenvalue weighted by atomic mass is 10.0. The van der Waals surface area contributed by atoms with Gasteiger partial charge >= 0.3 is 0 Å². The van der Waals surface area contributed by atoms with Crippen molar-refractivity contribution >= 4 is 22.6 Å². The number of hydrogen-bond donors (Lipinski definition) is 2. The molecule has 0 fully saturated rings. The van der Waals surface area contributed by atoms with Crippen molar-refractivity contribution in [1.82, 2.24) is 15.1 Å². The molecule has 3 N–H and O–H groups in total. The second-order valence-electron chi connectivity index (χ2n) is 6.37. The van der Waals surface area contributed by atoms with Gasteiger partial charge in [-0.25, -0.2) is 4.68 Å². The van der Waals surface area contributed by atoms with Crippen molar-refractivity contribution in [3.05, 3.63) is 75.7 Å². The summed E-state index contributed by atoms with van der Waals surface area (Å²) in [6.07, 6.45) is 0. The monoisotopic (exact) mass is 364 g/mol. The highest BCUT2D eigenvalue weighted by molar-refractivity contribution is 6.04. The van der Waals surface area contributed by atoms with Crippen LogP contribution in [0.25, 0.3) is 10.8 Å². The van der Waals surface area contributed by atoms with Crippen molar-refractivity contribution in [3.8, 4) is 0 Å². The van der Waals surface area contributed by atoms with Gasteiger partial charge in [-0.15, -0.1) is 0 Å². The second-order valence-corrected chi connectivity index (χ2v) is 6.37. The molecular weight excluding hydrogens is 344 g/mol. The number of aromatic nitrogens is 2. The maximum Gasteiger partial charge on any atom is 0.275 e. The summed E-state index contributed by atoms with van der Waals surface area (Å²) in [5.74, 6) is -1.14. The fraction of sp³-hybridized carbons (Fsp3) is 0.200. The fourth-order valence-electron chi connectivity index (χ4n) is 3.10. The number of amides is 2. The molecular formula is C20H20N4O3. The first-order valence-corrected chi connectivity index (χ1v) is 8.53. The van der Waals surface area contributed by atoms with Crippen LogP contribution in [0.15, 0.2) is 53.3 Å². The van der Waals surface area contributed by atoms with Crippen molar-refractivity contribution in [2.45, 2.75) is 26.4 Å². The molecule has 2 aromatic carbocycles. The quantitative estimate of drug-likeness (QED) is 0.718. The summed E-state index contributed by atoms with van der Waals surface area (Å²) in [6, 6.07) is 14.1. The lowest BCUT2D eigenvalue weighted by Crippen LogP contribution is -2.36. The Kier molecular flexibility index (Phi) is 5.03. The molecule has 0 aliphatic carbocycles. The maximum absolute atomic E-state index is 12.6. The Morgan fingerprint density at radius 1 is 1.11 bits per heavy atom. The van der Waals surface area contributed by atoms with Gasteiger partial charge in [0, 0.05) is 5.39 Å². The molecule has 1 aromatic heterocycles. The standard InChI is InChI=1S/C20H20N4O3/c1-12-7-3-4-8-14(12)13(2)22-17(25)11-24-20(27)16-10-6-5-9-15(16)18(23-24)19(21)26/h3-10,13H,11H2,1-2H3,(H2,21,26)(H,22,25). The first kappa shape index (κ1) is 18.3. The summed E-state index contributed by atoms with van der Waals surface area (Å²) in [5.41, 5.74) is 6.94. The van der Waals surface area contributed by atoms with Crippen LogP contribution in [-0.2, 0) is 11.3 Å². The zero-order valence-electron chi connectivity index (χ0n) is 15.1. The molecule has 27 heavy (non-hydrogen) atoms. The van der Waals surface area contributed by atoms with Gasteiger partial charge in [-0.2, -0.15) is 5.10 Å². The predicted molar refractivity (Wildman–Crippen MR) is 102 cm³/mol. The van der Waals surface area contributed by atoms with Crippen molar-refractivity contribution in [3.63, 3.8) is 0 Å². The number of aryl methyl sites for hydroxylation is 1. The minimum absolute atomic E-state index is 0.0371. The number of carbonyl (C=O) groups excluding carboxylic acids is 2. The lowest BCUT2D eigenvalue weighted by molar-refractivity contribution is -0.122. The van der Waals surface area contributed by atoms with E-state index < -0.39 is 11.5 Å². The molecule has 7 nitrogen and oxygen atoms in total. The summed E-state index contributed by atoms with van der Waals surface area (Å²) in [5, 5.41) is 7.53. The molecule has 0 aliphatic heterocycles. The number of fused-ring (bicyclic) bond motifs is 1. The molecule has 2 amide bonds. The molecule has 3 rings (SSSR count). The van der Waals surface area contributed by atoms with Crippen LogP contribution in [0.4, 0.5) is 0 Å². The third-order valence-electron chi connectivity index (χ3n) is 4.43. The third kappa shape index (κ3) is 3.72. The van der Waals surface area contributed by atoms with Crippen molar-refractivity contribution in [2.75, 3.05) is 0 Å². The number of primary amides is 1. The van der Waals surface area contributed by atoms with Crippen LogP contribution in [0.5, 0.6) is 0 Å². The SMILES string of the molecule is Cc1ccccc1C(C)NC(=O)Cn1nc(C(N)=O)c2ccccc2c1=O. The van der Waals surface area contributed by atoms with Gasteiger partial charge in [-0.05, 0) is 31.0 Å². The summed E-state index contributed by atoms with van der Waals surface area (Å²) >= 11 is 0. The smallest absolute Gasteiger partial charge is 0.275 e. The molecule has 1 unspecified atom stereocenters. The molecule has 138 valence electrons. The number of rotatable bonds is 5. The number of nitrogens with one attached hydrogen (secondary N) is 1. The van der Waals surface area contributed by atoms with Gasteiger partial charge in [0.2, 0.25) is 5.91 Å². The van der Waals surface area contributed by atoms with Crippen molar-refractivity contribution < 1.29 is 9.59 Å². The van der Waals surface area contributed by atoms with Crippen LogP contribution in [0.3, 0.4) is 0 Å². The van der Waals surface area contributed by atoms with Gasteiger partial charge in [-0.1, -0.05) is 42.5 Å². The Morgan fingerprint density at radius 2 is 1.74 bits per heavy atom. The second kappa shape index (κ2) is 7.41. The number of benzene rings is 2. The Bertz CT molecular complexity index is 1090. The van der Waals surface area contributed by atoms with Gasteiger partial charge in [0.25, 0.3) is 11.5 Å². The van der Waals surface area contributed by atoms with E-state index in [4.69, 9.17) is 5.73 Å². The van der Waals surface area contributed by atoms with E-state index in [2.05, 4.69) is 10.4 Å². The largest absolute Gasteiger partial charge is 0.364 e. The van der Waals surface area contributed by atoms with Gasteiger partial charge in [-0.3, -0.25) is 14.4 Å². The van der Waals surface area contributed by atoms with Crippen LogP contribution in [0.1, 0.15) is 34.6 Å². The fourth-order valence-corrected chi connectivity index (χ4v) is 3.10. The van der Waals surface area contributed by atoms with Crippen LogP contribution in [0.2, 0.25) is 0 Å². The van der Waals surface area contributed by atoms with Gasteiger partial charge < -0.3 is 11.1 Å². The highest BCUT2D eigenvalue weighted by atomic mass is 16.2. The highest BCUT2D eigenvalue weighted by Gasteiger charge is 2.17. The van der Waals surface area contributed by atoms with Crippen LogP contribution < -0.4 is 16.6 Å². The number of nitrogens with two attached hydrogens (primary N) is 1. The first-order chi connectivity index (χ1) is 12.9. The number of carbonyl (C=O) groups is 2. The average Bonchev–Trinajstić information content (AvgIpc) is 2.64. The summed E-state index contributed by atoms with van der Waals surface area (Å²) in [7, 11) is 0. The zero-order chi connectivity index (χ0) is 19.6. The van der Waals surface area contributed by atoms with E-state index in [0.717, 1.165) is 15.8 Å². The van der Waals surface area contributed by atoms with E-state index in [1.807, 2.05) is 38.1 Å². The Hall–Kier alpha value is -3.48.